The van der Waals surface area contributed by atoms with Gasteiger partial charge in [0, 0.05) is 5.38 Å². The van der Waals surface area contributed by atoms with E-state index in [2.05, 4.69) is 38.1 Å². The number of hydrogen-bond donors (Lipinski definition) is 0. The molecule has 0 saturated carbocycles. The Kier molecular flexibility index (Phi) is 4.31. The van der Waals surface area contributed by atoms with Crippen LogP contribution < -0.4 is 0 Å². The number of aryl methyl sites for hydroxylation is 2. The molecule has 72 valence electrons. The quantitative estimate of drug-likeness (QED) is 0.640. The van der Waals surface area contributed by atoms with Gasteiger partial charge in [-0.25, -0.2) is 0 Å². The van der Waals surface area contributed by atoms with E-state index in [1.807, 2.05) is 0 Å². The summed E-state index contributed by atoms with van der Waals surface area (Å²) in [5.74, 6) is 0. The van der Waals surface area contributed by atoms with Gasteiger partial charge in [0.2, 0.25) is 0 Å². The Bertz CT molecular complexity index is 253. The van der Waals surface area contributed by atoms with Gasteiger partial charge in [0.05, 0.1) is 0 Å². The number of benzene rings is 1. The minimum atomic E-state index is 0.309. The molecule has 0 heterocycles. The molecule has 1 aromatic rings. The van der Waals surface area contributed by atoms with Crippen molar-refractivity contribution in [2.45, 2.75) is 38.5 Å². The fourth-order valence-corrected chi connectivity index (χ4v) is 1.62. The van der Waals surface area contributed by atoms with Gasteiger partial charge in [0.1, 0.15) is 0 Å². The molecule has 1 unspecified atom stereocenters. The molecule has 0 radical (unpaired) electrons. The molecule has 13 heavy (non-hydrogen) atoms. The van der Waals surface area contributed by atoms with Crippen LogP contribution in [0.1, 0.15) is 30.9 Å². The predicted octanol–water partition coefficient (Wildman–Crippen LogP) is 3.95. The monoisotopic (exact) mass is 196 g/mol. The van der Waals surface area contributed by atoms with Crippen LogP contribution in [-0.4, -0.2) is 5.38 Å². The van der Waals surface area contributed by atoms with E-state index in [0.29, 0.717) is 5.38 Å². The van der Waals surface area contributed by atoms with Gasteiger partial charge in [-0.1, -0.05) is 24.3 Å². The van der Waals surface area contributed by atoms with Gasteiger partial charge in [-0.15, -0.1) is 11.6 Å². The summed E-state index contributed by atoms with van der Waals surface area (Å²) in [6.07, 6.45) is 3.45. The Morgan fingerprint density at radius 3 is 2.62 bits per heavy atom. The van der Waals surface area contributed by atoms with Crippen molar-refractivity contribution in [3.8, 4) is 0 Å². The predicted molar refractivity (Wildman–Crippen MR) is 59.4 cm³/mol. The highest BCUT2D eigenvalue weighted by molar-refractivity contribution is 6.20. The van der Waals surface area contributed by atoms with Crippen molar-refractivity contribution in [1.82, 2.24) is 0 Å². The Labute approximate surface area is 85.9 Å². The zero-order valence-electron chi connectivity index (χ0n) is 8.39. The van der Waals surface area contributed by atoms with Crippen LogP contribution >= 0.6 is 11.6 Å². The fourth-order valence-electron chi connectivity index (χ4n) is 1.46. The molecule has 0 nitrogen and oxygen atoms in total. The Morgan fingerprint density at radius 2 is 2.00 bits per heavy atom. The lowest BCUT2D eigenvalue weighted by Gasteiger charge is -2.05. The van der Waals surface area contributed by atoms with Gasteiger partial charge in [-0.3, -0.25) is 0 Å². The van der Waals surface area contributed by atoms with Crippen molar-refractivity contribution in [2.75, 3.05) is 0 Å². The summed E-state index contributed by atoms with van der Waals surface area (Å²) in [5, 5.41) is 0.309. The van der Waals surface area contributed by atoms with E-state index in [4.69, 9.17) is 11.6 Å². The van der Waals surface area contributed by atoms with Crippen LogP contribution in [0.5, 0.6) is 0 Å². The summed E-state index contributed by atoms with van der Waals surface area (Å²) < 4.78 is 0. The SMILES string of the molecule is Cc1ccccc1CCCC(C)Cl. The van der Waals surface area contributed by atoms with E-state index >= 15 is 0 Å². The highest BCUT2D eigenvalue weighted by Crippen LogP contribution is 2.12. The summed E-state index contributed by atoms with van der Waals surface area (Å²) in [6, 6.07) is 8.56. The van der Waals surface area contributed by atoms with Crippen molar-refractivity contribution in [2.24, 2.45) is 0 Å². The number of alkyl halides is 1. The largest absolute Gasteiger partial charge is 0.123 e. The van der Waals surface area contributed by atoms with E-state index in [9.17, 15) is 0 Å². The third-order valence-corrected chi connectivity index (χ3v) is 2.53. The summed E-state index contributed by atoms with van der Waals surface area (Å²) in [6.45, 7) is 4.22. The molecule has 1 heteroatoms. The summed E-state index contributed by atoms with van der Waals surface area (Å²) in [4.78, 5) is 0. The van der Waals surface area contributed by atoms with Crippen LogP contribution in [0.2, 0.25) is 0 Å². The van der Waals surface area contributed by atoms with Gasteiger partial charge in [0.25, 0.3) is 0 Å². The van der Waals surface area contributed by atoms with Crippen molar-refractivity contribution in [1.29, 1.82) is 0 Å². The maximum absolute atomic E-state index is 5.88. The summed E-state index contributed by atoms with van der Waals surface area (Å²) in [5.41, 5.74) is 2.85. The van der Waals surface area contributed by atoms with Crippen LogP contribution in [-0.2, 0) is 6.42 Å². The number of hydrogen-bond acceptors (Lipinski definition) is 0. The molecule has 0 aliphatic heterocycles. The lowest BCUT2D eigenvalue weighted by atomic mass is 10.0. The maximum atomic E-state index is 5.88. The second kappa shape index (κ2) is 5.29. The first-order valence-electron chi connectivity index (χ1n) is 4.88. The van der Waals surface area contributed by atoms with Gasteiger partial charge < -0.3 is 0 Å². The van der Waals surface area contributed by atoms with Crippen LogP contribution in [0.3, 0.4) is 0 Å². The molecule has 0 fully saturated rings. The number of halogens is 1. The van der Waals surface area contributed by atoms with Gasteiger partial charge >= 0.3 is 0 Å². The lowest BCUT2D eigenvalue weighted by Crippen LogP contribution is -1.94. The molecule has 0 amide bonds. The third-order valence-electron chi connectivity index (χ3n) is 2.31. The molecule has 1 atom stereocenters. The first kappa shape index (κ1) is 10.6. The van der Waals surface area contributed by atoms with Crippen LogP contribution in [0, 0.1) is 6.92 Å². The standard InChI is InChI=1S/C12H17Cl/c1-10-6-3-4-8-12(10)9-5-7-11(2)13/h3-4,6,8,11H,5,7,9H2,1-2H3. The van der Waals surface area contributed by atoms with Crippen LogP contribution in [0.15, 0.2) is 24.3 Å². The highest BCUT2D eigenvalue weighted by atomic mass is 35.5. The zero-order valence-corrected chi connectivity index (χ0v) is 9.14. The molecule has 0 aliphatic carbocycles. The van der Waals surface area contributed by atoms with Crippen molar-refractivity contribution in [3.63, 3.8) is 0 Å². The lowest BCUT2D eigenvalue weighted by molar-refractivity contribution is 0.721. The second-order valence-corrected chi connectivity index (χ2v) is 4.34. The molecular weight excluding hydrogens is 180 g/mol. The Morgan fingerprint density at radius 1 is 1.31 bits per heavy atom. The van der Waals surface area contributed by atoms with Crippen molar-refractivity contribution >= 4 is 11.6 Å². The molecule has 0 spiro atoms. The highest BCUT2D eigenvalue weighted by Gasteiger charge is 1.99. The average molecular weight is 197 g/mol. The second-order valence-electron chi connectivity index (χ2n) is 3.60. The normalized spacial score (nSPS) is 12.8. The van der Waals surface area contributed by atoms with E-state index in [1.54, 1.807) is 0 Å². The van der Waals surface area contributed by atoms with Crippen molar-refractivity contribution < 1.29 is 0 Å². The van der Waals surface area contributed by atoms with E-state index in [0.717, 1.165) is 12.8 Å². The molecule has 0 bridgehead atoms. The first-order chi connectivity index (χ1) is 6.20. The molecule has 1 aromatic carbocycles. The van der Waals surface area contributed by atoms with Gasteiger partial charge in [-0.2, -0.15) is 0 Å². The van der Waals surface area contributed by atoms with Crippen LogP contribution in [0.25, 0.3) is 0 Å². The summed E-state index contributed by atoms with van der Waals surface area (Å²) >= 11 is 5.88. The molecular formula is C12H17Cl. The Balaban J connectivity index is 2.41. The minimum absolute atomic E-state index is 0.309. The molecule has 1 rings (SSSR count). The summed E-state index contributed by atoms with van der Waals surface area (Å²) in [7, 11) is 0. The van der Waals surface area contributed by atoms with Gasteiger partial charge in [-0.05, 0) is 44.2 Å². The Hall–Kier alpha value is -0.490. The van der Waals surface area contributed by atoms with Crippen molar-refractivity contribution in [3.05, 3.63) is 35.4 Å². The van der Waals surface area contributed by atoms with E-state index in [-0.39, 0.29) is 0 Å². The maximum Gasteiger partial charge on any atom is 0.0308 e. The van der Waals surface area contributed by atoms with Crippen LogP contribution in [0.4, 0.5) is 0 Å². The molecule has 0 N–H and O–H groups in total. The zero-order chi connectivity index (χ0) is 9.68. The average Bonchev–Trinajstić information content (AvgIpc) is 2.08. The van der Waals surface area contributed by atoms with E-state index in [1.165, 1.54) is 17.5 Å². The number of rotatable bonds is 4. The minimum Gasteiger partial charge on any atom is -0.123 e. The fraction of sp³-hybridized carbons (Fsp3) is 0.500. The smallest absolute Gasteiger partial charge is 0.0308 e. The third kappa shape index (κ3) is 3.82. The topological polar surface area (TPSA) is 0 Å². The molecule has 0 aromatic heterocycles. The molecule has 0 aliphatic rings. The molecule has 0 saturated heterocycles. The van der Waals surface area contributed by atoms with Gasteiger partial charge in [0.15, 0.2) is 0 Å². The van der Waals surface area contributed by atoms with E-state index < -0.39 is 0 Å². The first-order valence-corrected chi connectivity index (χ1v) is 5.32.